The summed E-state index contributed by atoms with van der Waals surface area (Å²) in [7, 11) is 0. The number of carboxylic acids is 1. The zero-order chi connectivity index (χ0) is 10.9. The molecule has 3 atom stereocenters. The van der Waals surface area contributed by atoms with Crippen LogP contribution in [0.5, 0.6) is 0 Å². The second-order valence-electron chi connectivity index (χ2n) is 4.86. The second kappa shape index (κ2) is 4.10. The quantitative estimate of drug-likeness (QED) is 0.734. The number of ether oxygens (including phenoxy) is 1. The average Bonchev–Trinajstić information content (AvgIpc) is 2.77. The number of aliphatic carboxylic acids is 1. The maximum absolute atomic E-state index is 11.3. The molecule has 0 aliphatic carbocycles. The number of carboxylic acid groups (broad SMARTS) is 1. The lowest BCUT2D eigenvalue weighted by molar-refractivity contribution is -0.150. The molecule has 0 aromatic heterocycles. The number of rotatable bonds is 3. The van der Waals surface area contributed by atoms with E-state index in [-0.39, 0.29) is 6.10 Å². The molecular formula is C11H19NO3. The van der Waals surface area contributed by atoms with E-state index in [4.69, 9.17) is 4.74 Å². The summed E-state index contributed by atoms with van der Waals surface area (Å²) < 4.78 is 5.71. The van der Waals surface area contributed by atoms with Crippen LogP contribution >= 0.6 is 0 Å². The molecule has 2 N–H and O–H groups in total. The minimum absolute atomic E-state index is 0.149. The molecule has 2 aliphatic rings. The van der Waals surface area contributed by atoms with E-state index in [1.807, 2.05) is 0 Å². The van der Waals surface area contributed by atoms with Crippen molar-refractivity contribution >= 4 is 5.97 Å². The molecule has 2 fully saturated rings. The SMILES string of the molecule is CC1CCC(CC2(C(=O)O)CCNC2)O1. The van der Waals surface area contributed by atoms with Gasteiger partial charge in [-0.05, 0) is 39.2 Å². The van der Waals surface area contributed by atoms with Gasteiger partial charge in [0.05, 0.1) is 17.6 Å². The topological polar surface area (TPSA) is 58.6 Å². The van der Waals surface area contributed by atoms with Crippen LogP contribution < -0.4 is 5.32 Å². The van der Waals surface area contributed by atoms with Crippen LogP contribution in [0.2, 0.25) is 0 Å². The van der Waals surface area contributed by atoms with Gasteiger partial charge in [-0.15, -0.1) is 0 Å². The number of hydrogen-bond acceptors (Lipinski definition) is 3. The van der Waals surface area contributed by atoms with Crippen LogP contribution in [0.3, 0.4) is 0 Å². The highest BCUT2D eigenvalue weighted by molar-refractivity contribution is 5.75. The first-order valence-electron chi connectivity index (χ1n) is 5.72. The largest absolute Gasteiger partial charge is 0.481 e. The maximum atomic E-state index is 11.3. The summed E-state index contributed by atoms with van der Waals surface area (Å²) in [6.45, 7) is 3.46. The van der Waals surface area contributed by atoms with Gasteiger partial charge in [-0.25, -0.2) is 0 Å². The second-order valence-corrected chi connectivity index (χ2v) is 4.86. The third kappa shape index (κ3) is 2.16. The summed E-state index contributed by atoms with van der Waals surface area (Å²) in [5, 5.41) is 12.4. The van der Waals surface area contributed by atoms with Crippen LogP contribution in [0.25, 0.3) is 0 Å². The monoisotopic (exact) mass is 213 g/mol. The van der Waals surface area contributed by atoms with Crippen molar-refractivity contribution in [1.82, 2.24) is 5.32 Å². The van der Waals surface area contributed by atoms with Crippen molar-refractivity contribution in [2.75, 3.05) is 13.1 Å². The van der Waals surface area contributed by atoms with Crippen LogP contribution in [-0.4, -0.2) is 36.4 Å². The minimum atomic E-state index is -0.671. The van der Waals surface area contributed by atoms with Gasteiger partial charge in [0.2, 0.25) is 0 Å². The molecule has 4 heteroatoms. The van der Waals surface area contributed by atoms with E-state index in [0.29, 0.717) is 19.1 Å². The molecule has 0 amide bonds. The molecule has 4 nitrogen and oxygen atoms in total. The highest BCUT2D eigenvalue weighted by Crippen LogP contribution is 2.36. The van der Waals surface area contributed by atoms with Gasteiger partial charge in [0.1, 0.15) is 0 Å². The van der Waals surface area contributed by atoms with Crippen molar-refractivity contribution in [3.05, 3.63) is 0 Å². The van der Waals surface area contributed by atoms with Crippen molar-refractivity contribution in [2.45, 2.75) is 44.8 Å². The van der Waals surface area contributed by atoms with Gasteiger partial charge >= 0.3 is 5.97 Å². The predicted octanol–water partition coefficient (Wildman–Crippen LogP) is 1.01. The Kier molecular flexibility index (Phi) is 2.98. The lowest BCUT2D eigenvalue weighted by atomic mass is 9.81. The summed E-state index contributed by atoms with van der Waals surface area (Å²) in [5.74, 6) is -0.671. The molecule has 0 radical (unpaired) electrons. The summed E-state index contributed by atoms with van der Waals surface area (Å²) in [5.41, 5.74) is -0.575. The van der Waals surface area contributed by atoms with E-state index < -0.39 is 11.4 Å². The van der Waals surface area contributed by atoms with E-state index in [1.54, 1.807) is 0 Å². The third-order valence-electron chi connectivity index (χ3n) is 3.64. The molecule has 0 aromatic carbocycles. The first-order chi connectivity index (χ1) is 7.12. The molecule has 0 saturated carbocycles. The predicted molar refractivity (Wildman–Crippen MR) is 55.7 cm³/mol. The Hall–Kier alpha value is -0.610. The van der Waals surface area contributed by atoms with Crippen LogP contribution in [0, 0.1) is 5.41 Å². The van der Waals surface area contributed by atoms with Crippen molar-refractivity contribution < 1.29 is 14.6 Å². The van der Waals surface area contributed by atoms with Crippen LogP contribution in [0.1, 0.15) is 32.6 Å². The fraction of sp³-hybridized carbons (Fsp3) is 0.909. The zero-order valence-corrected chi connectivity index (χ0v) is 9.16. The van der Waals surface area contributed by atoms with Gasteiger partial charge in [-0.1, -0.05) is 0 Å². The molecule has 2 saturated heterocycles. The molecule has 2 heterocycles. The molecule has 0 aromatic rings. The molecule has 15 heavy (non-hydrogen) atoms. The molecule has 2 rings (SSSR count). The van der Waals surface area contributed by atoms with E-state index >= 15 is 0 Å². The van der Waals surface area contributed by atoms with E-state index in [0.717, 1.165) is 25.8 Å². The number of hydrogen-bond donors (Lipinski definition) is 2. The lowest BCUT2D eigenvalue weighted by Crippen LogP contribution is -2.36. The van der Waals surface area contributed by atoms with Crippen molar-refractivity contribution in [3.8, 4) is 0 Å². The Morgan fingerprint density at radius 3 is 2.87 bits per heavy atom. The minimum Gasteiger partial charge on any atom is -0.481 e. The van der Waals surface area contributed by atoms with Gasteiger partial charge < -0.3 is 15.2 Å². The van der Waals surface area contributed by atoms with Crippen LogP contribution in [0.4, 0.5) is 0 Å². The molecule has 0 bridgehead atoms. The Balaban J connectivity index is 1.98. The van der Waals surface area contributed by atoms with Gasteiger partial charge in [0.25, 0.3) is 0 Å². The Morgan fingerprint density at radius 1 is 1.60 bits per heavy atom. The lowest BCUT2D eigenvalue weighted by Gasteiger charge is -2.26. The summed E-state index contributed by atoms with van der Waals surface area (Å²) in [6, 6.07) is 0. The van der Waals surface area contributed by atoms with E-state index in [9.17, 15) is 9.90 Å². The standard InChI is InChI=1S/C11H19NO3/c1-8-2-3-9(15-8)6-11(10(13)14)4-5-12-7-11/h8-9,12H,2-7H2,1H3,(H,13,14). The third-order valence-corrected chi connectivity index (χ3v) is 3.64. The molecule has 3 unspecified atom stereocenters. The van der Waals surface area contributed by atoms with Crippen LogP contribution in [0.15, 0.2) is 0 Å². The van der Waals surface area contributed by atoms with Crippen molar-refractivity contribution in [2.24, 2.45) is 5.41 Å². The Labute approximate surface area is 90.0 Å². The molecular weight excluding hydrogens is 194 g/mol. The Bertz CT molecular complexity index is 248. The Morgan fingerprint density at radius 2 is 2.40 bits per heavy atom. The van der Waals surface area contributed by atoms with Gasteiger partial charge in [-0.2, -0.15) is 0 Å². The molecule has 2 aliphatic heterocycles. The zero-order valence-electron chi connectivity index (χ0n) is 9.16. The van der Waals surface area contributed by atoms with Crippen molar-refractivity contribution in [1.29, 1.82) is 0 Å². The van der Waals surface area contributed by atoms with E-state index in [1.165, 1.54) is 0 Å². The van der Waals surface area contributed by atoms with E-state index in [2.05, 4.69) is 12.2 Å². The highest BCUT2D eigenvalue weighted by atomic mass is 16.5. The fourth-order valence-electron chi connectivity index (χ4n) is 2.66. The maximum Gasteiger partial charge on any atom is 0.311 e. The first kappa shape index (κ1) is 10.9. The van der Waals surface area contributed by atoms with Crippen molar-refractivity contribution in [3.63, 3.8) is 0 Å². The first-order valence-corrected chi connectivity index (χ1v) is 5.72. The summed E-state index contributed by atoms with van der Waals surface area (Å²) in [4.78, 5) is 11.3. The molecule has 86 valence electrons. The smallest absolute Gasteiger partial charge is 0.311 e. The van der Waals surface area contributed by atoms with Crippen LogP contribution in [-0.2, 0) is 9.53 Å². The summed E-state index contributed by atoms with van der Waals surface area (Å²) >= 11 is 0. The highest BCUT2D eigenvalue weighted by Gasteiger charge is 2.44. The molecule has 0 spiro atoms. The average molecular weight is 213 g/mol. The van der Waals surface area contributed by atoms with Gasteiger partial charge in [0.15, 0.2) is 0 Å². The summed E-state index contributed by atoms with van der Waals surface area (Å²) in [6.07, 6.45) is 3.92. The number of carbonyl (C=O) groups is 1. The van der Waals surface area contributed by atoms with Gasteiger partial charge in [0, 0.05) is 6.54 Å². The normalized spacial score (nSPS) is 40.9. The van der Waals surface area contributed by atoms with Gasteiger partial charge in [-0.3, -0.25) is 4.79 Å². The fourth-order valence-corrected chi connectivity index (χ4v) is 2.66. The number of nitrogens with one attached hydrogen (secondary N) is 1.